The summed E-state index contributed by atoms with van der Waals surface area (Å²) in [6.45, 7) is 4.73. The molecule has 2 nitrogen and oxygen atoms in total. The SMILES string of the molecule is CC1(C)c2ccc(-c3c4ccccc4c(-c4ccc5c(c4)oc4ccccc45)c4ccccc34)cc2-c2cc3oc4ccc5ccccc5c4c3cc21. The maximum absolute atomic E-state index is 6.59. The minimum atomic E-state index is -0.158. The maximum Gasteiger partial charge on any atom is 0.136 e. The minimum absolute atomic E-state index is 0.158. The summed E-state index contributed by atoms with van der Waals surface area (Å²) in [6.07, 6.45) is 0. The summed E-state index contributed by atoms with van der Waals surface area (Å²) in [5.74, 6) is 0. The van der Waals surface area contributed by atoms with Crippen LogP contribution in [0.1, 0.15) is 25.0 Å². The van der Waals surface area contributed by atoms with Gasteiger partial charge in [0.1, 0.15) is 22.3 Å². The predicted octanol–water partition coefficient (Wildman–Crippen LogP) is 14.6. The van der Waals surface area contributed by atoms with Crippen molar-refractivity contribution < 1.29 is 8.83 Å². The molecule has 11 aromatic rings. The number of fused-ring (bicyclic) bond motifs is 13. The summed E-state index contributed by atoms with van der Waals surface area (Å²) in [6, 6.07) is 57.5. The summed E-state index contributed by atoms with van der Waals surface area (Å²) in [4.78, 5) is 0. The molecule has 53 heavy (non-hydrogen) atoms. The Labute approximate surface area is 305 Å². The van der Waals surface area contributed by atoms with E-state index in [0.717, 1.165) is 38.7 Å². The second kappa shape index (κ2) is 10.2. The lowest BCUT2D eigenvalue weighted by Gasteiger charge is -2.22. The molecule has 0 aliphatic heterocycles. The highest BCUT2D eigenvalue weighted by Crippen LogP contribution is 2.53. The zero-order chi connectivity index (χ0) is 35.0. The largest absolute Gasteiger partial charge is 0.456 e. The van der Waals surface area contributed by atoms with Crippen LogP contribution in [0.5, 0.6) is 0 Å². The molecule has 0 radical (unpaired) electrons. The molecular formula is C51H32O2. The molecule has 248 valence electrons. The van der Waals surface area contributed by atoms with Crippen molar-refractivity contribution in [1.82, 2.24) is 0 Å². The van der Waals surface area contributed by atoms with Gasteiger partial charge < -0.3 is 8.83 Å². The Morgan fingerprint density at radius 1 is 0.358 bits per heavy atom. The van der Waals surface area contributed by atoms with Crippen LogP contribution in [0.3, 0.4) is 0 Å². The lowest BCUT2D eigenvalue weighted by Crippen LogP contribution is -2.14. The number of furan rings is 2. The van der Waals surface area contributed by atoms with Gasteiger partial charge in [0, 0.05) is 27.0 Å². The van der Waals surface area contributed by atoms with Gasteiger partial charge in [-0.15, -0.1) is 0 Å². The van der Waals surface area contributed by atoms with Crippen molar-refractivity contribution in [3.8, 4) is 33.4 Å². The third-order valence-corrected chi connectivity index (χ3v) is 12.0. The second-order valence-corrected chi connectivity index (χ2v) is 15.2. The van der Waals surface area contributed by atoms with Crippen LogP contribution in [0.4, 0.5) is 0 Å². The summed E-state index contributed by atoms with van der Waals surface area (Å²) < 4.78 is 13.0. The van der Waals surface area contributed by atoms with E-state index >= 15 is 0 Å². The van der Waals surface area contributed by atoms with Crippen molar-refractivity contribution >= 4 is 76.2 Å². The number of hydrogen-bond acceptors (Lipinski definition) is 2. The fourth-order valence-electron chi connectivity index (χ4n) is 9.58. The van der Waals surface area contributed by atoms with Gasteiger partial charge in [0.15, 0.2) is 0 Å². The number of benzene rings is 9. The van der Waals surface area contributed by atoms with E-state index in [1.165, 1.54) is 82.0 Å². The van der Waals surface area contributed by atoms with E-state index in [2.05, 4.69) is 159 Å². The topological polar surface area (TPSA) is 26.3 Å². The zero-order valence-electron chi connectivity index (χ0n) is 29.3. The van der Waals surface area contributed by atoms with Crippen molar-refractivity contribution in [3.63, 3.8) is 0 Å². The molecule has 2 heteroatoms. The van der Waals surface area contributed by atoms with Crippen LogP contribution in [0.15, 0.2) is 167 Å². The molecule has 1 aliphatic rings. The van der Waals surface area contributed by atoms with Gasteiger partial charge in [-0.05, 0) is 119 Å². The van der Waals surface area contributed by atoms with Gasteiger partial charge in [-0.25, -0.2) is 0 Å². The van der Waals surface area contributed by atoms with E-state index in [0.29, 0.717) is 0 Å². The van der Waals surface area contributed by atoms with E-state index in [-0.39, 0.29) is 5.41 Å². The van der Waals surface area contributed by atoms with Crippen LogP contribution in [0, 0.1) is 0 Å². The first-order chi connectivity index (χ1) is 26.0. The summed E-state index contributed by atoms with van der Waals surface area (Å²) in [5.41, 5.74) is 13.6. The first-order valence-electron chi connectivity index (χ1n) is 18.4. The standard InChI is InChI=1S/C51H32O2/c1-51(2)42-23-20-30(25-39(42)40-28-47-41(27-43(40)51)50-32-12-4-3-11-29(32)21-24-45(50)53-47)48-35-14-5-7-16-37(35)49(38-17-8-6-15-36(38)48)31-19-22-34-33-13-9-10-18-44(33)52-46(34)26-31/h3-28H,1-2H3. The quantitative estimate of drug-likeness (QED) is 0.170. The summed E-state index contributed by atoms with van der Waals surface area (Å²) in [7, 11) is 0. The van der Waals surface area contributed by atoms with Gasteiger partial charge in [-0.2, -0.15) is 0 Å². The highest BCUT2D eigenvalue weighted by molar-refractivity contribution is 6.23. The summed E-state index contributed by atoms with van der Waals surface area (Å²) in [5, 5.41) is 12.1. The Bertz CT molecular complexity index is 3310. The summed E-state index contributed by atoms with van der Waals surface area (Å²) >= 11 is 0. The molecule has 0 spiro atoms. The van der Waals surface area contributed by atoms with E-state index in [1.54, 1.807) is 0 Å². The molecule has 0 atom stereocenters. The van der Waals surface area contributed by atoms with Crippen LogP contribution in [-0.2, 0) is 5.41 Å². The van der Waals surface area contributed by atoms with Crippen LogP contribution >= 0.6 is 0 Å². The van der Waals surface area contributed by atoms with E-state index in [1.807, 2.05) is 12.1 Å². The molecule has 2 aromatic heterocycles. The number of hydrogen-bond donors (Lipinski definition) is 0. The first-order valence-corrected chi connectivity index (χ1v) is 18.4. The Morgan fingerprint density at radius 2 is 0.906 bits per heavy atom. The van der Waals surface area contributed by atoms with Gasteiger partial charge in [0.2, 0.25) is 0 Å². The highest BCUT2D eigenvalue weighted by atomic mass is 16.3. The monoisotopic (exact) mass is 676 g/mol. The van der Waals surface area contributed by atoms with Crippen LogP contribution in [0.2, 0.25) is 0 Å². The van der Waals surface area contributed by atoms with E-state index in [9.17, 15) is 0 Å². The fraction of sp³-hybridized carbons (Fsp3) is 0.0588. The van der Waals surface area contributed by atoms with Gasteiger partial charge in [-0.1, -0.05) is 129 Å². The van der Waals surface area contributed by atoms with Crippen LogP contribution < -0.4 is 0 Å². The average molecular weight is 677 g/mol. The lowest BCUT2D eigenvalue weighted by molar-refractivity contribution is 0.658. The lowest BCUT2D eigenvalue weighted by atomic mass is 9.81. The molecule has 2 heterocycles. The molecule has 0 bridgehead atoms. The first kappa shape index (κ1) is 29.0. The number of rotatable bonds is 2. The Kier molecular flexibility index (Phi) is 5.60. The van der Waals surface area contributed by atoms with E-state index < -0.39 is 0 Å². The van der Waals surface area contributed by atoms with E-state index in [4.69, 9.17) is 8.83 Å². The minimum Gasteiger partial charge on any atom is -0.456 e. The van der Waals surface area contributed by atoms with Gasteiger partial charge in [0.25, 0.3) is 0 Å². The van der Waals surface area contributed by atoms with Gasteiger partial charge in [0.05, 0.1) is 0 Å². The molecule has 1 aliphatic carbocycles. The Hall–Kier alpha value is -6.64. The third kappa shape index (κ3) is 3.87. The molecule has 9 aromatic carbocycles. The van der Waals surface area contributed by atoms with Crippen molar-refractivity contribution in [3.05, 3.63) is 169 Å². The molecule has 0 unspecified atom stereocenters. The molecule has 12 rings (SSSR count). The maximum atomic E-state index is 6.59. The molecule has 0 N–H and O–H groups in total. The van der Waals surface area contributed by atoms with Crippen molar-refractivity contribution in [2.45, 2.75) is 19.3 Å². The molecule has 0 saturated heterocycles. The predicted molar refractivity (Wildman–Crippen MR) is 222 cm³/mol. The third-order valence-electron chi connectivity index (χ3n) is 12.0. The fourth-order valence-corrected chi connectivity index (χ4v) is 9.58. The van der Waals surface area contributed by atoms with Crippen LogP contribution in [0.25, 0.3) is 110 Å². The smallest absolute Gasteiger partial charge is 0.136 e. The second-order valence-electron chi connectivity index (χ2n) is 15.2. The van der Waals surface area contributed by atoms with Crippen LogP contribution in [-0.4, -0.2) is 0 Å². The van der Waals surface area contributed by atoms with Gasteiger partial charge in [-0.3, -0.25) is 0 Å². The van der Waals surface area contributed by atoms with Crippen molar-refractivity contribution in [2.75, 3.05) is 0 Å². The highest BCUT2D eigenvalue weighted by Gasteiger charge is 2.37. The van der Waals surface area contributed by atoms with Gasteiger partial charge >= 0.3 is 0 Å². The van der Waals surface area contributed by atoms with Crippen molar-refractivity contribution in [1.29, 1.82) is 0 Å². The Morgan fingerprint density at radius 3 is 1.64 bits per heavy atom. The zero-order valence-corrected chi connectivity index (χ0v) is 29.3. The molecule has 0 fully saturated rings. The number of para-hydroxylation sites is 1. The normalized spacial score (nSPS) is 13.6. The average Bonchev–Trinajstić information content (AvgIpc) is 3.83. The van der Waals surface area contributed by atoms with Crippen molar-refractivity contribution in [2.24, 2.45) is 0 Å². The molecule has 0 amide bonds. The Balaban J connectivity index is 1.09. The molecular weight excluding hydrogens is 645 g/mol. The molecule has 0 saturated carbocycles.